The van der Waals surface area contributed by atoms with Gasteiger partial charge in [-0.05, 0) is 42.8 Å². The molecule has 0 aliphatic heterocycles. The maximum atomic E-state index is 13.3. The van der Waals surface area contributed by atoms with E-state index in [2.05, 4.69) is 21.2 Å². The Kier molecular flexibility index (Phi) is 7.12. The molecule has 1 N–H and O–H groups in total. The first-order valence-electron chi connectivity index (χ1n) is 7.44. The minimum Gasteiger partial charge on any atom is -0.496 e. The van der Waals surface area contributed by atoms with E-state index in [9.17, 15) is 9.18 Å². The van der Waals surface area contributed by atoms with E-state index >= 15 is 0 Å². The van der Waals surface area contributed by atoms with Gasteiger partial charge in [0.1, 0.15) is 11.6 Å². The van der Waals surface area contributed by atoms with E-state index in [1.54, 1.807) is 13.2 Å². The third kappa shape index (κ3) is 5.53. The van der Waals surface area contributed by atoms with E-state index in [4.69, 9.17) is 4.74 Å². The van der Waals surface area contributed by atoms with Crippen molar-refractivity contribution in [3.8, 4) is 5.75 Å². The summed E-state index contributed by atoms with van der Waals surface area (Å²) in [5.41, 5.74) is 1.79. The summed E-state index contributed by atoms with van der Waals surface area (Å²) in [6.45, 7) is 1.95. The molecule has 1 atom stereocenters. The lowest BCUT2D eigenvalue weighted by molar-refractivity contribution is -0.119. The Labute approximate surface area is 154 Å². The van der Waals surface area contributed by atoms with E-state index in [0.29, 0.717) is 17.3 Å². The lowest BCUT2D eigenvalue weighted by atomic mass is 10.1. The minimum absolute atomic E-state index is 0.0502. The largest absolute Gasteiger partial charge is 0.496 e. The van der Waals surface area contributed by atoms with Gasteiger partial charge in [-0.3, -0.25) is 4.79 Å². The Morgan fingerprint density at radius 3 is 2.67 bits per heavy atom. The van der Waals surface area contributed by atoms with Gasteiger partial charge in [-0.15, -0.1) is 11.8 Å². The summed E-state index contributed by atoms with van der Waals surface area (Å²) in [7, 11) is 1.55. The first-order valence-corrected chi connectivity index (χ1v) is 9.39. The molecule has 0 saturated carbocycles. The number of carbonyl (C=O) groups is 1. The average molecular weight is 412 g/mol. The second-order valence-electron chi connectivity index (χ2n) is 5.29. The fourth-order valence-corrected chi connectivity index (χ4v) is 3.31. The number of thioether (sulfide) groups is 1. The Balaban J connectivity index is 1.83. The molecule has 2 aromatic rings. The van der Waals surface area contributed by atoms with Crippen LogP contribution in [0.4, 0.5) is 4.39 Å². The summed E-state index contributed by atoms with van der Waals surface area (Å²) < 4.78 is 19.5. The third-order valence-electron chi connectivity index (χ3n) is 3.48. The maximum Gasteiger partial charge on any atom is 0.230 e. The number of rotatable bonds is 7. The fraction of sp³-hybridized carbons (Fsp3) is 0.278. The Morgan fingerprint density at radius 1 is 1.29 bits per heavy atom. The van der Waals surface area contributed by atoms with E-state index in [1.807, 2.05) is 31.2 Å². The quantitative estimate of drug-likeness (QED) is 0.716. The van der Waals surface area contributed by atoms with Gasteiger partial charge in [-0.25, -0.2) is 4.39 Å². The van der Waals surface area contributed by atoms with Crippen LogP contribution in [-0.4, -0.2) is 18.8 Å². The number of ether oxygens (including phenoxy) is 1. The van der Waals surface area contributed by atoms with Crippen LogP contribution in [0, 0.1) is 5.82 Å². The molecule has 24 heavy (non-hydrogen) atoms. The van der Waals surface area contributed by atoms with Gasteiger partial charge >= 0.3 is 0 Å². The van der Waals surface area contributed by atoms with Crippen LogP contribution < -0.4 is 10.1 Å². The molecule has 0 spiro atoms. The number of benzene rings is 2. The molecule has 0 saturated heterocycles. The average Bonchev–Trinajstić information content (AvgIpc) is 2.55. The van der Waals surface area contributed by atoms with Crippen LogP contribution in [0.3, 0.4) is 0 Å². The summed E-state index contributed by atoms with van der Waals surface area (Å²) in [6, 6.07) is 12.2. The summed E-state index contributed by atoms with van der Waals surface area (Å²) in [6.07, 6.45) is 0. The summed E-state index contributed by atoms with van der Waals surface area (Å²) >= 11 is 4.82. The SMILES string of the molecule is COc1ccc(F)cc1CSCC(=O)N[C@H](C)c1ccc(Br)cc1. The van der Waals surface area contributed by atoms with Crippen LogP contribution in [0.5, 0.6) is 5.75 Å². The van der Waals surface area contributed by atoms with Gasteiger partial charge in [0.05, 0.1) is 18.9 Å². The molecule has 2 aromatic carbocycles. The van der Waals surface area contributed by atoms with Crippen LogP contribution in [0.15, 0.2) is 46.9 Å². The number of methoxy groups -OCH3 is 1. The predicted octanol–water partition coefficient (Wildman–Crippen LogP) is 4.71. The van der Waals surface area contributed by atoms with Gasteiger partial charge in [0, 0.05) is 15.8 Å². The van der Waals surface area contributed by atoms with Gasteiger partial charge in [-0.1, -0.05) is 28.1 Å². The zero-order valence-electron chi connectivity index (χ0n) is 13.5. The number of carbonyl (C=O) groups excluding carboxylic acids is 1. The summed E-state index contributed by atoms with van der Waals surface area (Å²) in [4.78, 5) is 12.1. The van der Waals surface area contributed by atoms with Crippen molar-refractivity contribution in [2.75, 3.05) is 12.9 Å². The van der Waals surface area contributed by atoms with Gasteiger partial charge < -0.3 is 10.1 Å². The van der Waals surface area contributed by atoms with Crippen molar-refractivity contribution in [2.45, 2.75) is 18.7 Å². The van der Waals surface area contributed by atoms with Crippen LogP contribution >= 0.6 is 27.7 Å². The topological polar surface area (TPSA) is 38.3 Å². The van der Waals surface area contributed by atoms with Crippen LogP contribution in [0.1, 0.15) is 24.1 Å². The molecule has 128 valence electrons. The van der Waals surface area contributed by atoms with Crippen molar-refractivity contribution in [2.24, 2.45) is 0 Å². The normalized spacial score (nSPS) is 11.8. The molecule has 0 radical (unpaired) electrons. The van der Waals surface area contributed by atoms with Gasteiger partial charge in [-0.2, -0.15) is 0 Å². The lowest BCUT2D eigenvalue weighted by Gasteiger charge is -2.14. The monoisotopic (exact) mass is 411 g/mol. The van der Waals surface area contributed by atoms with Crippen LogP contribution in [0.2, 0.25) is 0 Å². The zero-order chi connectivity index (χ0) is 17.5. The highest BCUT2D eigenvalue weighted by Crippen LogP contribution is 2.24. The van der Waals surface area contributed by atoms with Crippen molar-refractivity contribution < 1.29 is 13.9 Å². The van der Waals surface area contributed by atoms with Crippen molar-refractivity contribution in [1.29, 1.82) is 0 Å². The smallest absolute Gasteiger partial charge is 0.230 e. The number of amides is 1. The standard InChI is InChI=1S/C18H19BrFNO2S/c1-12(13-3-5-15(19)6-4-13)21-18(22)11-24-10-14-9-16(20)7-8-17(14)23-2/h3-9,12H,10-11H2,1-2H3,(H,21,22)/t12-/m1/s1. The Bertz CT molecular complexity index is 694. The first kappa shape index (κ1) is 18.8. The molecule has 0 heterocycles. The highest BCUT2D eigenvalue weighted by atomic mass is 79.9. The molecular weight excluding hydrogens is 393 g/mol. The first-order chi connectivity index (χ1) is 11.5. The Morgan fingerprint density at radius 2 is 2.00 bits per heavy atom. The molecule has 0 unspecified atom stereocenters. The summed E-state index contributed by atoms with van der Waals surface area (Å²) in [5, 5.41) is 2.96. The molecule has 0 bridgehead atoms. The molecular formula is C18H19BrFNO2S. The molecule has 0 aromatic heterocycles. The van der Waals surface area contributed by atoms with E-state index in [1.165, 1.54) is 23.9 Å². The van der Waals surface area contributed by atoms with Crippen molar-refractivity contribution in [3.63, 3.8) is 0 Å². The second-order valence-corrected chi connectivity index (χ2v) is 7.19. The van der Waals surface area contributed by atoms with Gasteiger partial charge in [0.25, 0.3) is 0 Å². The molecule has 0 aliphatic rings. The summed E-state index contributed by atoms with van der Waals surface area (Å²) in [5.74, 6) is 1.10. The van der Waals surface area contributed by atoms with Crippen molar-refractivity contribution >= 4 is 33.6 Å². The lowest BCUT2D eigenvalue weighted by Crippen LogP contribution is -2.28. The van der Waals surface area contributed by atoms with E-state index in [0.717, 1.165) is 15.6 Å². The second kappa shape index (κ2) is 9.08. The molecule has 3 nitrogen and oxygen atoms in total. The molecule has 0 fully saturated rings. The molecule has 2 rings (SSSR count). The predicted molar refractivity (Wildman–Crippen MR) is 99.8 cm³/mol. The zero-order valence-corrected chi connectivity index (χ0v) is 15.9. The third-order valence-corrected chi connectivity index (χ3v) is 4.99. The Hall–Kier alpha value is -1.53. The molecule has 6 heteroatoms. The van der Waals surface area contributed by atoms with Gasteiger partial charge in [0.2, 0.25) is 5.91 Å². The molecule has 1 amide bonds. The van der Waals surface area contributed by atoms with E-state index in [-0.39, 0.29) is 17.8 Å². The number of hydrogen-bond acceptors (Lipinski definition) is 3. The van der Waals surface area contributed by atoms with E-state index < -0.39 is 0 Å². The highest BCUT2D eigenvalue weighted by Gasteiger charge is 2.11. The number of hydrogen-bond donors (Lipinski definition) is 1. The fourth-order valence-electron chi connectivity index (χ4n) is 2.23. The minimum atomic E-state index is -0.306. The van der Waals surface area contributed by atoms with Gasteiger partial charge in [0.15, 0.2) is 0 Å². The molecule has 0 aliphatic carbocycles. The van der Waals surface area contributed by atoms with Crippen LogP contribution in [0.25, 0.3) is 0 Å². The maximum absolute atomic E-state index is 13.3. The van der Waals surface area contributed by atoms with Crippen molar-refractivity contribution in [1.82, 2.24) is 5.32 Å². The highest BCUT2D eigenvalue weighted by molar-refractivity contribution is 9.10. The van der Waals surface area contributed by atoms with Crippen molar-refractivity contribution in [3.05, 3.63) is 63.9 Å². The number of nitrogens with one attached hydrogen (secondary N) is 1. The van der Waals surface area contributed by atoms with Crippen LogP contribution in [-0.2, 0) is 10.5 Å². The number of halogens is 2.